The van der Waals surface area contributed by atoms with Gasteiger partial charge in [-0.15, -0.1) is 0 Å². The molecule has 2 amide bonds. The van der Waals surface area contributed by atoms with Gasteiger partial charge in [-0.25, -0.2) is 4.99 Å². The molecular formula is C25H35N7O4. The molecule has 1 fully saturated rings. The number of oxime groups is 1. The molecule has 1 aromatic carbocycles. The van der Waals surface area contributed by atoms with E-state index in [1.807, 2.05) is 12.1 Å². The van der Waals surface area contributed by atoms with Crippen LogP contribution in [-0.4, -0.2) is 102 Å². The standard InChI is InChI=1S/C25H35N7O4/c1-17(30-36)25(35)32-11-9-20(15-32)29-23(27-3)12-22(26-2)24(34)28-13-21(33)16-31-10-8-18-6-4-5-7-19(18)14-31/h4-7,12,20-21,26,33,36H,3,8-11,13-16H2,1-2H3,(H,28,34)/b22-12?,29-23?,30-17-/t20?,21-/m0/s1. The van der Waals surface area contributed by atoms with Gasteiger partial charge in [-0.05, 0) is 37.6 Å². The second-order valence-corrected chi connectivity index (χ2v) is 8.95. The summed E-state index contributed by atoms with van der Waals surface area (Å²) in [6.07, 6.45) is 2.34. The second-order valence-electron chi connectivity index (χ2n) is 8.95. The number of rotatable bonds is 9. The lowest BCUT2D eigenvalue weighted by Crippen LogP contribution is -2.43. The summed E-state index contributed by atoms with van der Waals surface area (Å²) in [6.45, 7) is 8.03. The van der Waals surface area contributed by atoms with Crippen LogP contribution in [0.1, 0.15) is 24.5 Å². The molecule has 1 saturated heterocycles. The van der Waals surface area contributed by atoms with Crippen LogP contribution in [0.15, 0.2) is 51.2 Å². The molecule has 0 aromatic heterocycles. The van der Waals surface area contributed by atoms with Crippen molar-refractivity contribution in [1.82, 2.24) is 20.4 Å². The largest absolute Gasteiger partial charge is 0.410 e. The molecule has 0 aliphatic carbocycles. The Morgan fingerprint density at radius 3 is 2.72 bits per heavy atom. The number of benzene rings is 1. The van der Waals surface area contributed by atoms with Crippen LogP contribution in [0.2, 0.25) is 0 Å². The van der Waals surface area contributed by atoms with Crippen LogP contribution in [-0.2, 0) is 22.6 Å². The number of aliphatic imine (C=N–C) groups is 2. The lowest BCUT2D eigenvalue weighted by molar-refractivity contribution is -0.123. The SMILES string of the molecule is C=NC(C=C(NC)C(=O)NC[C@H](O)CN1CCc2ccccc2C1)=NC1CCN(C(=O)/C(C)=N\O)C1. The van der Waals surface area contributed by atoms with Crippen LogP contribution >= 0.6 is 0 Å². The van der Waals surface area contributed by atoms with Gasteiger partial charge >= 0.3 is 0 Å². The van der Waals surface area contributed by atoms with Crippen molar-refractivity contribution in [2.24, 2.45) is 15.1 Å². The number of hydrogen-bond acceptors (Lipinski definition) is 8. The highest BCUT2D eigenvalue weighted by Gasteiger charge is 2.28. The van der Waals surface area contributed by atoms with E-state index in [0.717, 1.165) is 19.5 Å². The van der Waals surface area contributed by atoms with E-state index >= 15 is 0 Å². The number of aliphatic hydroxyl groups is 1. The highest BCUT2D eigenvalue weighted by atomic mass is 16.4. The van der Waals surface area contributed by atoms with Gasteiger partial charge < -0.3 is 25.8 Å². The summed E-state index contributed by atoms with van der Waals surface area (Å²) in [5.74, 6) is -0.481. The molecule has 0 radical (unpaired) electrons. The Morgan fingerprint density at radius 1 is 1.28 bits per heavy atom. The Morgan fingerprint density at radius 2 is 2.03 bits per heavy atom. The number of aliphatic hydroxyl groups excluding tert-OH is 1. The van der Waals surface area contributed by atoms with E-state index in [9.17, 15) is 14.7 Å². The van der Waals surface area contributed by atoms with E-state index < -0.39 is 12.0 Å². The number of fused-ring (bicyclic) bond motifs is 1. The summed E-state index contributed by atoms with van der Waals surface area (Å²) in [5.41, 5.74) is 2.87. The van der Waals surface area contributed by atoms with Gasteiger partial charge in [-0.2, -0.15) is 0 Å². The summed E-state index contributed by atoms with van der Waals surface area (Å²) in [5, 5.41) is 27.8. The first kappa shape index (κ1) is 27.0. The summed E-state index contributed by atoms with van der Waals surface area (Å²) in [7, 11) is 1.61. The molecule has 0 saturated carbocycles. The van der Waals surface area contributed by atoms with Crippen molar-refractivity contribution in [2.75, 3.05) is 39.8 Å². The van der Waals surface area contributed by atoms with Crippen LogP contribution in [0.3, 0.4) is 0 Å². The monoisotopic (exact) mass is 497 g/mol. The molecule has 36 heavy (non-hydrogen) atoms. The molecule has 2 aliphatic heterocycles. The lowest BCUT2D eigenvalue weighted by atomic mass is 10.00. The summed E-state index contributed by atoms with van der Waals surface area (Å²) in [4.78, 5) is 37.0. The maximum absolute atomic E-state index is 12.7. The van der Waals surface area contributed by atoms with Crippen molar-refractivity contribution in [3.05, 3.63) is 47.2 Å². The smallest absolute Gasteiger partial charge is 0.271 e. The number of nitrogens with zero attached hydrogens (tertiary/aromatic N) is 5. The average molecular weight is 498 g/mol. The predicted molar refractivity (Wildman–Crippen MR) is 138 cm³/mol. The van der Waals surface area contributed by atoms with Gasteiger partial charge in [0.05, 0.1) is 12.1 Å². The number of nitrogens with one attached hydrogen (secondary N) is 2. The first-order valence-electron chi connectivity index (χ1n) is 12.0. The molecule has 3 rings (SSSR count). The molecule has 2 heterocycles. The third-order valence-corrected chi connectivity index (χ3v) is 6.35. The fourth-order valence-electron chi connectivity index (χ4n) is 4.37. The third kappa shape index (κ3) is 7.22. The number of amides is 2. The highest BCUT2D eigenvalue weighted by molar-refractivity contribution is 6.37. The summed E-state index contributed by atoms with van der Waals surface area (Å²) in [6, 6.07) is 8.10. The van der Waals surface area contributed by atoms with E-state index in [-0.39, 0.29) is 35.7 Å². The van der Waals surface area contributed by atoms with Crippen molar-refractivity contribution >= 4 is 30.1 Å². The zero-order chi connectivity index (χ0) is 26.1. The minimum atomic E-state index is -0.712. The molecule has 1 unspecified atom stereocenters. The molecule has 2 atom stereocenters. The zero-order valence-corrected chi connectivity index (χ0v) is 20.9. The molecule has 1 aromatic rings. The normalized spacial score (nSPS) is 20.0. The second kappa shape index (κ2) is 12.9. The van der Waals surface area contributed by atoms with Gasteiger partial charge in [0.1, 0.15) is 17.2 Å². The van der Waals surface area contributed by atoms with E-state index in [1.54, 1.807) is 11.9 Å². The zero-order valence-electron chi connectivity index (χ0n) is 20.9. The Hall–Kier alpha value is -3.57. The first-order chi connectivity index (χ1) is 17.3. The number of carbonyl (C=O) groups is 2. The number of likely N-dealkylation sites (tertiary alicyclic amines) is 1. The van der Waals surface area contributed by atoms with Crippen molar-refractivity contribution in [3.8, 4) is 0 Å². The van der Waals surface area contributed by atoms with E-state index in [4.69, 9.17) is 5.21 Å². The van der Waals surface area contributed by atoms with E-state index in [2.05, 4.69) is 49.5 Å². The molecule has 194 valence electrons. The van der Waals surface area contributed by atoms with E-state index in [0.29, 0.717) is 26.1 Å². The number of likely N-dealkylation sites (N-methyl/N-ethyl adjacent to an activating group) is 1. The van der Waals surface area contributed by atoms with Crippen molar-refractivity contribution < 1.29 is 19.9 Å². The number of β-amino-alcohol motifs (C(OH)–C–C–N with tert-alkyl or cyclic N) is 1. The molecular weight excluding hydrogens is 462 g/mol. The van der Waals surface area contributed by atoms with Crippen LogP contribution in [0.5, 0.6) is 0 Å². The van der Waals surface area contributed by atoms with Gasteiger partial charge in [0.25, 0.3) is 11.8 Å². The maximum atomic E-state index is 12.7. The van der Waals surface area contributed by atoms with Crippen molar-refractivity contribution in [2.45, 2.75) is 38.5 Å². The fraction of sp³-hybridized carbons (Fsp3) is 0.480. The summed E-state index contributed by atoms with van der Waals surface area (Å²) >= 11 is 0. The number of hydrogen-bond donors (Lipinski definition) is 4. The Kier molecular flexibility index (Phi) is 9.71. The van der Waals surface area contributed by atoms with Gasteiger partial charge in [0.2, 0.25) is 0 Å². The van der Waals surface area contributed by atoms with Crippen LogP contribution < -0.4 is 10.6 Å². The van der Waals surface area contributed by atoms with Gasteiger partial charge in [0.15, 0.2) is 0 Å². The van der Waals surface area contributed by atoms with Crippen molar-refractivity contribution in [1.29, 1.82) is 0 Å². The number of amidine groups is 1. The van der Waals surface area contributed by atoms with Crippen LogP contribution in [0.4, 0.5) is 0 Å². The minimum Gasteiger partial charge on any atom is -0.410 e. The number of carbonyl (C=O) groups excluding carboxylic acids is 2. The maximum Gasteiger partial charge on any atom is 0.271 e. The van der Waals surface area contributed by atoms with Gasteiger partial charge in [-0.3, -0.25) is 19.5 Å². The van der Waals surface area contributed by atoms with Crippen LogP contribution in [0, 0.1) is 0 Å². The Labute approximate surface area is 211 Å². The fourth-order valence-corrected chi connectivity index (χ4v) is 4.37. The molecule has 11 heteroatoms. The molecule has 0 spiro atoms. The molecule has 11 nitrogen and oxygen atoms in total. The van der Waals surface area contributed by atoms with E-state index in [1.165, 1.54) is 24.1 Å². The molecule has 0 bridgehead atoms. The quantitative estimate of drug-likeness (QED) is 0.126. The predicted octanol–water partition coefficient (Wildman–Crippen LogP) is 0.175. The average Bonchev–Trinajstić information content (AvgIpc) is 3.37. The topological polar surface area (TPSA) is 142 Å². The lowest BCUT2D eigenvalue weighted by Gasteiger charge is -2.30. The molecule has 2 aliphatic rings. The van der Waals surface area contributed by atoms with Gasteiger partial charge in [0, 0.05) is 52.4 Å². The van der Waals surface area contributed by atoms with Crippen LogP contribution in [0.25, 0.3) is 0 Å². The Balaban J connectivity index is 1.52. The van der Waals surface area contributed by atoms with Gasteiger partial charge in [-0.1, -0.05) is 29.4 Å². The minimum absolute atomic E-state index is 0.0167. The first-order valence-corrected chi connectivity index (χ1v) is 12.0. The van der Waals surface area contributed by atoms with Crippen molar-refractivity contribution in [3.63, 3.8) is 0 Å². The third-order valence-electron chi connectivity index (χ3n) is 6.35. The Bertz CT molecular complexity index is 1050. The highest BCUT2D eigenvalue weighted by Crippen LogP contribution is 2.18. The summed E-state index contributed by atoms with van der Waals surface area (Å²) < 4.78 is 0. The molecule has 4 N–H and O–H groups in total.